The first-order valence-electron chi connectivity index (χ1n) is 26.5. The summed E-state index contributed by atoms with van der Waals surface area (Å²) in [5.41, 5.74) is 4.58. The third-order valence-corrected chi connectivity index (χ3v) is 14.6. The number of unbranched alkanes of at least 4 members (excludes halogenated alkanes) is 18. The zero-order chi connectivity index (χ0) is 53.0. The zero-order valence-electron chi connectivity index (χ0n) is 43.3. The number of nitrogens with two attached hydrogens (primary N) is 1. The number of aliphatic hydroxyl groups excluding tert-OH is 3. The van der Waals surface area contributed by atoms with Gasteiger partial charge in [0, 0.05) is 19.0 Å². The molecule has 1 aliphatic rings. The average molecular weight is 1060 g/mol. The Balaban J connectivity index is 1.84. The van der Waals surface area contributed by atoms with Gasteiger partial charge in [-0.25, -0.2) is 13.9 Å². The Morgan fingerprint density at radius 1 is 0.764 bits per heavy atom. The predicted octanol–water partition coefficient (Wildman–Crippen LogP) is 10.00. The summed E-state index contributed by atoms with van der Waals surface area (Å²) >= 11 is 0. The molecule has 0 amide bonds. The number of nitrogen functional groups attached to an aromatic ring is 1. The second-order valence-corrected chi connectivity index (χ2v) is 22.1. The number of hydrogen-bond donors (Lipinski definition) is 6. The number of aliphatic hydroxyl groups is 3. The van der Waals surface area contributed by atoms with Crippen LogP contribution in [0.1, 0.15) is 194 Å². The van der Waals surface area contributed by atoms with Crippen molar-refractivity contribution in [3.05, 3.63) is 59.2 Å². The summed E-state index contributed by atoms with van der Waals surface area (Å²) in [6, 6.07) is 1.24. The molecule has 72 heavy (non-hydrogen) atoms. The Kier molecular flexibility index (Phi) is 34.8. The van der Waals surface area contributed by atoms with E-state index in [0.29, 0.717) is 6.42 Å². The maximum atomic E-state index is 12.9. The summed E-state index contributed by atoms with van der Waals surface area (Å²) in [6.45, 7) is 4.29. The lowest BCUT2D eigenvalue weighted by atomic mass is 10.0. The molecule has 21 heteroatoms. The molecule has 1 fully saturated rings. The Morgan fingerprint density at radius 2 is 1.36 bits per heavy atom. The van der Waals surface area contributed by atoms with Crippen molar-refractivity contribution in [1.29, 1.82) is 0 Å². The van der Waals surface area contributed by atoms with Gasteiger partial charge in [-0.2, -0.15) is 9.29 Å². The largest absolute Gasteiger partial charge is 0.481 e. The molecule has 0 aromatic carbocycles. The number of carbonyl (C=O) groups excluding carboxylic acids is 2. The number of anilines is 1. The fraction of sp³-hybridized carbons (Fsp3) is 0.765. The van der Waals surface area contributed by atoms with Crippen LogP contribution in [0.15, 0.2) is 53.5 Å². The molecule has 1 aromatic rings. The van der Waals surface area contributed by atoms with E-state index < -0.39 is 89.8 Å². The van der Waals surface area contributed by atoms with E-state index >= 15 is 0 Å². The van der Waals surface area contributed by atoms with E-state index in [0.717, 1.165) is 55.2 Å². The average Bonchev–Trinajstić information content (AvgIpc) is 3.60. The highest BCUT2D eigenvalue weighted by atomic mass is 31.3. The van der Waals surface area contributed by atoms with Gasteiger partial charge >= 0.3 is 33.3 Å². The van der Waals surface area contributed by atoms with Gasteiger partial charge in [0.25, 0.3) is 0 Å². The van der Waals surface area contributed by atoms with E-state index in [1.165, 1.54) is 102 Å². The van der Waals surface area contributed by atoms with E-state index in [-0.39, 0.29) is 31.5 Å². The molecule has 1 aliphatic heterocycles. The number of phosphoric ester groups is 2. The van der Waals surface area contributed by atoms with Crippen molar-refractivity contribution in [2.75, 3.05) is 25.6 Å². The first-order valence-corrected chi connectivity index (χ1v) is 29.5. The Labute approximate surface area is 428 Å². The van der Waals surface area contributed by atoms with E-state index in [1.807, 2.05) is 12.2 Å². The number of rotatable bonds is 43. The SMILES string of the molecule is CCCCCCCC/C=C/C/C=C/C=C/C(O)CCCC(=O)OC[C@H](COP(=O)(O)OP(=O)(O)OC[C@H]1O[C@@H](n2ccc(N)nc2=O)[C@H](O)[C@@H]1O)OC(=O)CCCCCCCCCCCCCCCC(C)C. The molecule has 0 saturated carbocycles. The smallest absolute Gasteiger partial charge is 0.462 e. The van der Waals surface area contributed by atoms with Gasteiger partial charge in [0.05, 0.1) is 19.3 Å². The number of nitrogens with zero attached hydrogens (tertiary/aromatic N) is 2. The second kappa shape index (κ2) is 38.5. The molecule has 2 heterocycles. The van der Waals surface area contributed by atoms with Crippen molar-refractivity contribution in [2.24, 2.45) is 5.92 Å². The highest BCUT2D eigenvalue weighted by Crippen LogP contribution is 2.60. The molecule has 1 saturated heterocycles. The summed E-state index contributed by atoms with van der Waals surface area (Å²) in [4.78, 5) is 62.0. The van der Waals surface area contributed by atoms with Gasteiger partial charge in [-0.1, -0.05) is 173 Å². The van der Waals surface area contributed by atoms with Gasteiger partial charge in [-0.05, 0) is 50.5 Å². The van der Waals surface area contributed by atoms with Crippen LogP contribution in [0.3, 0.4) is 0 Å². The summed E-state index contributed by atoms with van der Waals surface area (Å²) in [7, 11) is -10.9. The fourth-order valence-electron chi connectivity index (χ4n) is 7.86. The molecule has 19 nitrogen and oxygen atoms in total. The minimum Gasteiger partial charge on any atom is -0.462 e. The molecular formula is C51H89N3O16P2. The lowest BCUT2D eigenvalue weighted by Crippen LogP contribution is -2.36. The summed E-state index contributed by atoms with van der Waals surface area (Å²) in [5.74, 6) is -0.720. The van der Waals surface area contributed by atoms with Gasteiger partial charge in [0.2, 0.25) is 0 Å². The molecule has 7 N–H and O–H groups in total. The molecule has 2 rings (SSSR count). The van der Waals surface area contributed by atoms with Crippen LogP contribution in [0.25, 0.3) is 0 Å². The maximum Gasteiger partial charge on any atom is 0.481 e. The molecule has 0 spiro atoms. The number of ether oxygens (including phenoxy) is 3. The first-order chi connectivity index (χ1) is 34.4. The molecule has 0 bridgehead atoms. The molecule has 0 radical (unpaired) electrons. The van der Waals surface area contributed by atoms with E-state index in [1.54, 1.807) is 12.2 Å². The molecule has 0 aliphatic carbocycles. The summed E-state index contributed by atoms with van der Waals surface area (Å²) < 4.78 is 56.7. The number of allylic oxidation sites excluding steroid dienone is 5. The standard InChI is InChI=1S/C51H89N3O16P2/c1-4-5-6-7-8-9-10-12-16-19-22-25-28-32-42(55)33-30-35-46(56)65-38-43(68-47(57)34-29-26-23-20-17-14-11-13-15-18-21-24-27-31-41(2)3)39-66-71(61,62)70-72(63,64)67-40-44-48(58)49(59)50(69-44)54-37-36-45(52)53-51(54)60/h12,16,22,25,28,32,36-37,41-44,48-50,55,58-59H,4-11,13-15,17-21,23-24,26-27,29-31,33-35,38-40H2,1-3H3,(H,61,62)(H,63,64)(H2,52,53,60)/b16-12+,25-22+,32-28+/t42?,43-,44-,48-,49-,50-/m1/s1. The van der Waals surface area contributed by atoms with Crippen LogP contribution in [0.2, 0.25) is 0 Å². The summed E-state index contributed by atoms with van der Waals surface area (Å²) in [5, 5.41) is 31.3. The molecule has 8 atom stereocenters. The lowest BCUT2D eigenvalue weighted by Gasteiger charge is -2.21. The van der Waals surface area contributed by atoms with Crippen molar-refractivity contribution in [3.63, 3.8) is 0 Å². The van der Waals surface area contributed by atoms with E-state index in [2.05, 4.69) is 42.2 Å². The third kappa shape index (κ3) is 31.6. The van der Waals surface area contributed by atoms with Crippen LogP contribution in [0.4, 0.5) is 5.82 Å². The number of hydrogen-bond acceptors (Lipinski definition) is 16. The number of esters is 2. The van der Waals surface area contributed by atoms with E-state index in [4.69, 9.17) is 29.0 Å². The zero-order valence-corrected chi connectivity index (χ0v) is 45.0. The van der Waals surface area contributed by atoms with Gasteiger partial charge in [0.1, 0.15) is 30.7 Å². The van der Waals surface area contributed by atoms with Gasteiger partial charge in [-0.15, -0.1) is 0 Å². The van der Waals surface area contributed by atoms with Crippen molar-refractivity contribution < 1.29 is 71.4 Å². The first kappa shape index (κ1) is 65.1. The lowest BCUT2D eigenvalue weighted by molar-refractivity contribution is -0.161. The number of carbonyl (C=O) groups is 2. The van der Waals surface area contributed by atoms with Crippen LogP contribution >= 0.6 is 15.6 Å². The van der Waals surface area contributed by atoms with Gasteiger partial charge in [-0.3, -0.25) is 23.2 Å². The summed E-state index contributed by atoms with van der Waals surface area (Å²) in [6.07, 6.45) is 29.7. The topological polar surface area (TPSA) is 286 Å². The van der Waals surface area contributed by atoms with Gasteiger partial charge < -0.3 is 45.1 Å². The Bertz CT molecular complexity index is 1880. The monoisotopic (exact) mass is 1060 g/mol. The second-order valence-electron chi connectivity index (χ2n) is 19.1. The fourth-order valence-corrected chi connectivity index (χ4v) is 9.97. The van der Waals surface area contributed by atoms with Crippen molar-refractivity contribution >= 4 is 33.4 Å². The predicted molar refractivity (Wildman–Crippen MR) is 276 cm³/mol. The van der Waals surface area contributed by atoms with Crippen LogP contribution in [-0.4, -0.2) is 96.9 Å². The number of phosphoric acid groups is 2. The van der Waals surface area contributed by atoms with Crippen LogP contribution in [0, 0.1) is 5.92 Å². The van der Waals surface area contributed by atoms with Crippen LogP contribution < -0.4 is 11.4 Å². The van der Waals surface area contributed by atoms with E-state index in [9.17, 15) is 48.6 Å². The van der Waals surface area contributed by atoms with Gasteiger partial charge in [0.15, 0.2) is 12.3 Å². The Morgan fingerprint density at radius 3 is 2.00 bits per heavy atom. The van der Waals surface area contributed by atoms with Crippen molar-refractivity contribution in [1.82, 2.24) is 9.55 Å². The van der Waals surface area contributed by atoms with Crippen LogP contribution in [-0.2, 0) is 46.3 Å². The number of aromatic nitrogens is 2. The molecule has 3 unspecified atom stereocenters. The third-order valence-electron chi connectivity index (χ3n) is 12.0. The minimum absolute atomic E-state index is 0.0131. The highest BCUT2D eigenvalue weighted by Gasteiger charge is 2.46. The molecular weight excluding hydrogens is 973 g/mol. The quantitative estimate of drug-likeness (QED) is 0.0117. The molecule has 414 valence electrons. The van der Waals surface area contributed by atoms with Crippen molar-refractivity contribution in [3.8, 4) is 0 Å². The Hall–Kier alpha value is -3.06. The normalized spacial score (nSPS) is 19.8. The minimum atomic E-state index is -5.46. The maximum absolute atomic E-state index is 12.9. The van der Waals surface area contributed by atoms with Crippen LogP contribution in [0.5, 0.6) is 0 Å². The van der Waals surface area contributed by atoms with Crippen molar-refractivity contribution in [2.45, 2.75) is 224 Å². The molecule has 1 aromatic heterocycles. The highest BCUT2D eigenvalue weighted by molar-refractivity contribution is 7.61.